The van der Waals surface area contributed by atoms with Gasteiger partial charge >= 0.3 is 12.2 Å². The van der Waals surface area contributed by atoms with Crippen LogP contribution in [-0.2, 0) is 6.18 Å². The number of hydrogen-bond donors (Lipinski definition) is 2. The fraction of sp³-hybridized carbons (Fsp3) is 0.0769. The van der Waals surface area contributed by atoms with Gasteiger partial charge in [-0.15, -0.1) is 0 Å². The molecule has 2 aromatic rings. The largest absolute Gasteiger partial charge is 0.433 e. The fourth-order valence-corrected chi connectivity index (χ4v) is 1.69. The molecule has 1 aromatic heterocycles. The summed E-state index contributed by atoms with van der Waals surface area (Å²) >= 11 is 0. The molecule has 0 unspecified atom stereocenters. The van der Waals surface area contributed by atoms with Gasteiger partial charge in [0.1, 0.15) is 5.69 Å². The predicted molar refractivity (Wildman–Crippen MR) is 67.9 cm³/mol. The van der Waals surface area contributed by atoms with Gasteiger partial charge in [0.15, 0.2) is 0 Å². The first kappa shape index (κ1) is 13.9. The summed E-state index contributed by atoms with van der Waals surface area (Å²) in [6.07, 6.45) is -3.53. The number of nitrogens with two attached hydrogens (primary N) is 1. The molecule has 1 aromatic carbocycles. The Balaban J connectivity index is 2.54. The molecule has 0 spiro atoms. The lowest BCUT2D eigenvalue weighted by molar-refractivity contribution is -0.141. The van der Waals surface area contributed by atoms with Crippen molar-refractivity contribution < 1.29 is 18.0 Å². The number of rotatable bonds is 2. The Hall–Kier alpha value is -2.57. The second-order valence-corrected chi connectivity index (χ2v) is 3.97. The summed E-state index contributed by atoms with van der Waals surface area (Å²) < 4.78 is 37.9. The first-order chi connectivity index (χ1) is 9.38. The number of pyridine rings is 1. The standard InChI is InChI=1S/C13H10F3N3O/c14-13(15,16)11-6-10(19-12(17)20)9(7-18-11)8-4-2-1-3-5-8/h1-7H,(H3,17,18,19,20). The number of anilines is 1. The minimum absolute atomic E-state index is 0.0361. The van der Waals surface area contributed by atoms with Gasteiger partial charge in [-0.25, -0.2) is 4.79 Å². The van der Waals surface area contributed by atoms with E-state index in [-0.39, 0.29) is 5.69 Å². The third kappa shape index (κ3) is 3.05. The highest BCUT2D eigenvalue weighted by atomic mass is 19.4. The SMILES string of the molecule is NC(=O)Nc1cc(C(F)(F)F)ncc1-c1ccccc1. The molecule has 2 rings (SSSR count). The number of aromatic nitrogens is 1. The summed E-state index contributed by atoms with van der Waals surface area (Å²) in [5.74, 6) is 0. The predicted octanol–water partition coefficient (Wildman–Crippen LogP) is 3.26. The maximum atomic E-state index is 12.6. The van der Waals surface area contributed by atoms with Gasteiger partial charge in [0.25, 0.3) is 0 Å². The van der Waals surface area contributed by atoms with Crippen LogP contribution in [0.1, 0.15) is 5.69 Å². The van der Waals surface area contributed by atoms with Crippen LogP contribution in [0.3, 0.4) is 0 Å². The van der Waals surface area contributed by atoms with E-state index < -0.39 is 17.9 Å². The summed E-state index contributed by atoms with van der Waals surface area (Å²) in [5, 5.41) is 2.18. The van der Waals surface area contributed by atoms with Gasteiger partial charge in [0.05, 0.1) is 5.69 Å². The highest BCUT2D eigenvalue weighted by Crippen LogP contribution is 2.33. The molecule has 4 nitrogen and oxygen atoms in total. The van der Waals surface area contributed by atoms with E-state index in [0.29, 0.717) is 11.1 Å². The van der Waals surface area contributed by atoms with Gasteiger partial charge in [-0.1, -0.05) is 30.3 Å². The Bertz CT molecular complexity index is 627. The Morgan fingerprint density at radius 2 is 1.85 bits per heavy atom. The van der Waals surface area contributed by atoms with Crippen LogP contribution in [0.25, 0.3) is 11.1 Å². The average Bonchev–Trinajstić information content (AvgIpc) is 2.38. The van der Waals surface area contributed by atoms with Crippen molar-refractivity contribution in [2.45, 2.75) is 6.18 Å². The maximum absolute atomic E-state index is 12.6. The van der Waals surface area contributed by atoms with Crippen LogP contribution < -0.4 is 11.1 Å². The number of hydrogen-bond acceptors (Lipinski definition) is 2. The lowest BCUT2D eigenvalue weighted by Crippen LogP contribution is -2.20. The van der Waals surface area contributed by atoms with Crippen LogP contribution in [-0.4, -0.2) is 11.0 Å². The second-order valence-electron chi connectivity index (χ2n) is 3.97. The van der Waals surface area contributed by atoms with Crippen molar-refractivity contribution in [3.8, 4) is 11.1 Å². The first-order valence-corrected chi connectivity index (χ1v) is 5.57. The number of nitrogens with zero attached hydrogens (tertiary/aromatic N) is 1. The molecule has 104 valence electrons. The van der Waals surface area contributed by atoms with E-state index in [9.17, 15) is 18.0 Å². The van der Waals surface area contributed by atoms with E-state index in [2.05, 4.69) is 10.3 Å². The minimum atomic E-state index is -4.59. The van der Waals surface area contributed by atoms with Crippen molar-refractivity contribution in [2.24, 2.45) is 5.73 Å². The van der Waals surface area contributed by atoms with Crippen LogP contribution in [0, 0.1) is 0 Å². The molecule has 7 heteroatoms. The average molecular weight is 281 g/mol. The summed E-state index contributed by atoms with van der Waals surface area (Å²) in [4.78, 5) is 14.3. The van der Waals surface area contributed by atoms with Crippen LogP contribution in [0.2, 0.25) is 0 Å². The van der Waals surface area contributed by atoms with E-state index >= 15 is 0 Å². The normalized spacial score (nSPS) is 11.2. The zero-order valence-electron chi connectivity index (χ0n) is 10.1. The molecule has 0 saturated carbocycles. The van der Waals surface area contributed by atoms with Crippen molar-refractivity contribution in [1.82, 2.24) is 4.98 Å². The Labute approximate surface area is 112 Å². The van der Waals surface area contributed by atoms with Crippen molar-refractivity contribution in [1.29, 1.82) is 0 Å². The van der Waals surface area contributed by atoms with E-state index in [1.54, 1.807) is 30.3 Å². The topological polar surface area (TPSA) is 68.0 Å². The highest BCUT2D eigenvalue weighted by Gasteiger charge is 2.33. The van der Waals surface area contributed by atoms with Gasteiger partial charge in [0.2, 0.25) is 0 Å². The van der Waals surface area contributed by atoms with Gasteiger partial charge in [0, 0.05) is 11.8 Å². The summed E-state index contributed by atoms with van der Waals surface area (Å²) in [6, 6.07) is 8.41. The number of carbonyl (C=O) groups is 1. The molecular formula is C13H10F3N3O. The van der Waals surface area contributed by atoms with E-state index in [0.717, 1.165) is 12.3 Å². The first-order valence-electron chi connectivity index (χ1n) is 5.57. The quantitative estimate of drug-likeness (QED) is 0.887. The number of benzene rings is 1. The molecule has 20 heavy (non-hydrogen) atoms. The van der Waals surface area contributed by atoms with Crippen LogP contribution >= 0.6 is 0 Å². The van der Waals surface area contributed by atoms with Gasteiger partial charge in [-0.2, -0.15) is 13.2 Å². The zero-order valence-corrected chi connectivity index (χ0v) is 10.1. The number of alkyl halides is 3. The number of urea groups is 1. The number of amides is 2. The molecule has 0 aliphatic rings. The molecule has 0 aliphatic carbocycles. The zero-order chi connectivity index (χ0) is 14.8. The van der Waals surface area contributed by atoms with Crippen LogP contribution in [0.15, 0.2) is 42.6 Å². The van der Waals surface area contributed by atoms with Gasteiger partial charge in [-0.3, -0.25) is 4.98 Å². The Kier molecular flexibility index (Phi) is 3.60. The molecule has 0 bridgehead atoms. The number of carbonyl (C=O) groups excluding carboxylic acids is 1. The second kappa shape index (κ2) is 5.20. The molecule has 0 atom stereocenters. The number of halogens is 3. The Morgan fingerprint density at radius 3 is 2.40 bits per heavy atom. The van der Waals surface area contributed by atoms with Crippen LogP contribution in [0.5, 0.6) is 0 Å². The lowest BCUT2D eigenvalue weighted by Gasteiger charge is -2.13. The smallest absolute Gasteiger partial charge is 0.351 e. The summed E-state index contributed by atoms with van der Waals surface area (Å²) in [7, 11) is 0. The molecule has 3 N–H and O–H groups in total. The number of nitrogens with one attached hydrogen (secondary N) is 1. The van der Waals surface area contributed by atoms with E-state index in [1.807, 2.05) is 0 Å². The monoisotopic (exact) mass is 281 g/mol. The fourth-order valence-electron chi connectivity index (χ4n) is 1.69. The van der Waals surface area contributed by atoms with Crippen LogP contribution in [0.4, 0.5) is 23.7 Å². The Morgan fingerprint density at radius 1 is 1.20 bits per heavy atom. The van der Waals surface area contributed by atoms with E-state index in [1.165, 1.54) is 0 Å². The molecule has 1 heterocycles. The van der Waals surface area contributed by atoms with Gasteiger partial charge < -0.3 is 11.1 Å². The molecular weight excluding hydrogens is 271 g/mol. The lowest BCUT2D eigenvalue weighted by atomic mass is 10.1. The molecule has 2 amide bonds. The summed E-state index contributed by atoms with van der Waals surface area (Å²) in [6.45, 7) is 0. The number of primary amides is 1. The third-order valence-electron chi connectivity index (χ3n) is 2.54. The van der Waals surface area contributed by atoms with E-state index in [4.69, 9.17) is 5.73 Å². The molecule has 0 aliphatic heterocycles. The van der Waals surface area contributed by atoms with Crippen molar-refractivity contribution in [2.75, 3.05) is 5.32 Å². The van der Waals surface area contributed by atoms with Crippen molar-refractivity contribution in [3.05, 3.63) is 48.3 Å². The molecule has 0 saturated heterocycles. The van der Waals surface area contributed by atoms with Crippen molar-refractivity contribution in [3.63, 3.8) is 0 Å². The summed E-state index contributed by atoms with van der Waals surface area (Å²) in [5.41, 5.74) is 4.83. The van der Waals surface area contributed by atoms with Gasteiger partial charge in [-0.05, 0) is 11.6 Å². The molecule has 0 fully saturated rings. The third-order valence-corrected chi connectivity index (χ3v) is 2.54. The van der Waals surface area contributed by atoms with Crippen molar-refractivity contribution >= 4 is 11.7 Å². The maximum Gasteiger partial charge on any atom is 0.433 e. The molecule has 0 radical (unpaired) electrons. The highest BCUT2D eigenvalue weighted by molar-refractivity contribution is 5.93. The minimum Gasteiger partial charge on any atom is -0.351 e.